The monoisotopic (exact) mass is 200 g/mol. The zero-order chi connectivity index (χ0) is 10.4. The molecular formula is C12H12N2O. The molecule has 0 N–H and O–H groups in total. The summed E-state index contributed by atoms with van der Waals surface area (Å²) in [4.78, 5) is 10.9. The largest absolute Gasteiger partial charge is 0.300 e. The molecule has 0 amide bonds. The van der Waals surface area contributed by atoms with Gasteiger partial charge in [0.05, 0.1) is 11.6 Å². The average molecular weight is 200 g/mol. The second-order valence-electron chi connectivity index (χ2n) is 4.27. The minimum Gasteiger partial charge on any atom is -0.300 e. The Bertz CT molecular complexity index is 534. The van der Waals surface area contributed by atoms with Crippen LogP contribution in [0, 0.1) is 6.92 Å². The van der Waals surface area contributed by atoms with Gasteiger partial charge < -0.3 is 0 Å². The van der Waals surface area contributed by atoms with Gasteiger partial charge in [0, 0.05) is 24.4 Å². The molecule has 3 heteroatoms. The Morgan fingerprint density at radius 2 is 2.20 bits per heavy atom. The zero-order valence-electron chi connectivity index (χ0n) is 8.60. The topological polar surface area (TPSA) is 34.9 Å². The Morgan fingerprint density at radius 1 is 1.40 bits per heavy atom. The molecule has 2 aromatic rings. The van der Waals surface area contributed by atoms with E-state index in [4.69, 9.17) is 0 Å². The quantitative estimate of drug-likeness (QED) is 0.707. The summed E-state index contributed by atoms with van der Waals surface area (Å²) < 4.78 is 1.94. The number of benzene rings is 1. The van der Waals surface area contributed by atoms with Crippen LogP contribution >= 0.6 is 0 Å². The Hall–Kier alpha value is -1.64. The summed E-state index contributed by atoms with van der Waals surface area (Å²) in [6, 6.07) is 6.53. The number of hydrogen-bond donors (Lipinski definition) is 0. The summed E-state index contributed by atoms with van der Waals surface area (Å²) in [5.74, 6) is 0.343. The summed E-state index contributed by atoms with van der Waals surface area (Å²) in [6.07, 6.45) is 3.33. The summed E-state index contributed by atoms with van der Waals surface area (Å²) >= 11 is 0. The summed E-state index contributed by atoms with van der Waals surface area (Å²) in [5, 5.41) is 5.65. The maximum atomic E-state index is 10.9. The molecule has 0 radical (unpaired) electrons. The molecule has 1 aromatic carbocycles. The molecule has 0 aliphatic heterocycles. The number of fused-ring (bicyclic) bond motifs is 1. The molecular weight excluding hydrogens is 188 g/mol. The third kappa shape index (κ3) is 1.35. The first kappa shape index (κ1) is 8.65. The number of aromatic nitrogens is 2. The van der Waals surface area contributed by atoms with E-state index >= 15 is 0 Å². The van der Waals surface area contributed by atoms with Crippen molar-refractivity contribution in [3.63, 3.8) is 0 Å². The molecule has 3 rings (SSSR count). The molecule has 0 atom stereocenters. The molecule has 1 heterocycles. The summed E-state index contributed by atoms with van der Waals surface area (Å²) in [7, 11) is 0. The van der Waals surface area contributed by atoms with Crippen LogP contribution in [0.25, 0.3) is 10.9 Å². The van der Waals surface area contributed by atoms with Gasteiger partial charge in [0.15, 0.2) is 0 Å². The van der Waals surface area contributed by atoms with Gasteiger partial charge in [-0.2, -0.15) is 5.10 Å². The van der Waals surface area contributed by atoms with E-state index in [2.05, 4.69) is 30.2 Å². The molecule has 0 bridgehead atoms. The van der Waals surface area contributed by atoms with Gasteiger partial charge in [0.2, 0.25) is 0 Å². The normalized spacial score (nSPS) is 17.0. The molecule has 0 spiro atoms. The van der Waals surface area contributed by atoms with Crippen molar-refractivity contribution in [2.45, 2.75) is 25.8 Å². The highest BCUT2D eigenvalue weighted by molar-refractivity contribution is 5.85. The minimum absolute atomic E-state index is 0.296. The van der Waals surface area contributed by atoms with Gasteiger partial charge in [-0.15, -0.1) is 0 Å². The van der Waals surface area contributed by atoms with Crippen LogP contribution in [0.5, 0.6) is 0 Å². The number of aryl methyl sites for hydroxylation is 1. The van der Waals surface area contributed by atoms with E-state index in [1.807, 2.05) is 10.9 Å². The first-order valence-corrected chi connectivity index (χ1v) is 5.19. The van der Waals surface area contributed by atoms with Gasteiger partial charge in [0.1, 0.15) is 5.78 Å². The van der Waals surface area contributed by atoms with Crippen molar-refractivity contribution in [2.75, 3.05) is 0 Å². The molecule has 0 saturated heterocycles. The van der Waals surface area contributed by atoms with Crippen molar-refractivity contribution >= 4 is 16.7 Å². The van der Waals surface area contributed by atoms with E-state index in [1.165, 1.54) is 5.56 Å². The van der Waals surface area contributed by atoms with E-state index in [-0.39, 0.29) is 0 Å². The van der Waals surface area contributed by atoms with Gasteiger partial charge in [-0.05, 0) is 18.6 Å². The lowest BCUT2D eigenvalue weighted by molar-refractivity contribution is -0.126. The number of hydrogen-bond acceptors (Lipinski definition) is 2. The van der Waals surface area contributed by atoms with Gasteiger partial charge in [-0.25, -0.2) is 0 Å². The highest BCUT2D eigenvalue weighted by Crippen LogP contribution is 2.29. The predicted molar refractivity (Wildman–Crippen MR) is 57.7 cm³/mol. The van der Waals surface area contributed by atoms with Crippen molar-refractivity contribution in [3.05, 3.63) is 30.0 Å². The van der Waals surface area contributed by atoms with Crippen molar-refractivity contribution in [2.24, 2.45) is 0 Å². The van der Waals surface area contributed by atoms with Gasteiger partial charge in [-0.1, -0.05) is 12.1 Å². The van der Waals surface area contributed by atoms with Gasteiger partial charge >= 0.3 is 0 Å². The van der Waals surface area contributed by atoms with Crippen LogP contribution in [0.4, 0.5) is 0 Å². The van der Waals surface area contributed by atoms with Crippen molar-refractivity contribution < 1.29 is 4.79 Å². The first-order chi connectivity index (χ1) is 7.22. The lowest BCUT2D eigenvalue weighted by atomic mass is 9.92. The fraction of sp³-hybridized carbons (Fsp3) is 0.333. The van der Waals surface area contributed by atoms with Crippen LogP contribution < -0.4 is 0 Å². The minimum atomic E-state index is 0.296. The van der Waals surface area contributed by atoms with Gasteiger partial charge in [-0.3, -0.25) is 9.48 Å². The molecule has 1 aromatic heterocycles. The number of Topliss-reactive ketones (excluding diaryl/α,β-unsaturated/α-hetero) is 1. The standard InChI is InChI=1S/C12H12N2O/c1-8-2-3-9-7-14(13-12(9)4-8)10-5-11(15)6-10/h2-4,7,10H,5-6H2,1H3. The Labute approximate surface area is 87.7 Å². The fourth-order valence-corrected chi connectivity index (χ4v) is 1.99. The Balaban J connectivity index is 2.03. The molecule has 1 saturated carbocycles. The van der Waals surface area contributed by atoms with Crippen LogP contribution in [-0.2, 0) is 4.79 Å². The van der Waals surface area contributed by atoms with E-state index in [9.17, 15) is 4.79 Å². The maximum Gasteiger partial charge on any atom is 0.137 e. The van der Waals surface area contributed by atoms with E-state index < -0.39 is 0 Å². The zero-order valence-corrected chi connectivity index (χ0v) is 8.60. The number of carbonyl (C=O) groups excluding carboxylic acids is 1. The molecule has 0 unspecified atom stereocenters. The molecule has 1 fully saturated rings. The predicted octanol–water partition coefficient (Wildman–Crippen LogP) is 2.25. The van der Waals surface area contributed by atoms with E-state index in [1.54, 1.807) is 0 Å². The smallest absolute Gasteiger partial charge is 0.137 e. The number of rotatable bonds is 1. The molecule has 15 heavy (non-hydrogen) atoms. The summed E-state index contributed by atoms with van der Waals surface area (Å²) in [5.41, 5.74) is 2.24. The second-order valence-corrected chi connectivity index (χ2v) is 4.27. The fourth-order valence-electron chi connectivity index (χ4n) is 1.99. The molecule has 1 aliphatic rings. The highest BCUT2D eigenvalue weighted by Gasteiger charge is 2.28. The van der Waals surface area contributed by atoms with Crippen LogP contribution in [0.2, 0.25) is 0 Å². The summed E-state index contributed by atoms with van der Waals surface area (Å²) in [6.45, 7) is 2.06. The average Bonchev–Trinajstić information content (AvgIpc) is 2.55. The van der Waals surface area contributed by atoms with Crippen LogP contribution in [0.3, 0.4) is 0 Å². The third-order valence-electron chi connectivity index (χ3n) is 2.98. The van der Waals surface area contributed by atoms with Gasteiger partial charge in [0.25, 0.3) is 0 Å². The Kier molecular flexibility index (Phi) is 1.69. The SMILES string of the molecule is Cc1ccc2cn(C3CC(=O)C3)nc2c1. The molecule has 1 aliphatic carbocycles. The number of nitrogens with zero attached hydrogens (tertiary/aromatic N) is 2. The highest BCUT2D eigenvalue weighted by atomic mass is 16.1. The molecule has 3 nitrogen and oxygen atoms in total. The first-order valence-electron chi connectivity index (χ1n) is 5.19. The lowest BCUT2D eigenvalue weighted by Gasteiger charge is -2.23. The van der Waals surface area contributed by atoms with Crippen molar-refractivity contribution in [1.29, 1.82) is 0 Å². The van der Waals surface area contributed by atoms with E-state index in [0.717, 1.165) is 10.9 Å². The number of carbonyl (C=O) groups is 1. The third-order valence-corrected chi connectivity index (χ3v) is 2.98. The number of ketones is 1. The second kappa shape index (κ2) is 2.92. The van der Waals surface area contributed by atoms with Crippen LogP contribution in [-0.4, -0.2) is 15.6 Å². The maximum absolute atomic E-state index is 10.9. The van der Waals surface area contributed by atoms with Crippen LogP contribution in [0.1, 0.15) is 24.4 Å². The van der Waals surface area contributed by atoms with Crippen molar-refractivity contribution in [1.82, 2.24) is 9.78 Å². The van der Waals surface area contributed by atoms with Crippen molar-refractivity contribution in [3.8, 4) is 0 Å². The lowest BCUT2D eigenvalue weighted by Crippen LogP contribution is -2.26. The Morgan fingerprint density at radius 3 is 2.93 bits per heavy atom. The van der Waals surface area contributed by atoms with E-state index in [0.29, 0.717) is 24.7 Å². The molecule has 76 valence electrons. The van der Waals surface area contributed by atoms with Crippen LogP contribution in [0.15, 0.2) is 24.4 Å².